The predicted octanol–water partition coefficient (Wildman–Crippen LogP) is 4.50. The van der Waals surface area contributed by atoms with Gasteiger partial charge in [0.15, 0.2) is 0 Å². The zero-order valence-corrected chi connectivity index (χ0v) is 11.2. The van der Waals surface area contributed by atoms with E-state index in [1.807, 2.05) is 30.5 Å². The van der Waals surface area contributed by atoms with Crippen LogP contribution >= 0.6 is 11.6 Å². The quantitative estimate of drug-likeness (QED) is 0.751. The molecule has 0 fully saturated rings. The number of rotatable bonds is 2. The number of hydrogen-bond acceptors (Lipinski definition) is 3. The van der Waals surface area contributed by atoms with Gasteiger partial charge in [0.25, 0.3) is 0 Å². The summed E-state index contributed by atoms with van der Waals surface area (Å²) in [5.41, 5.74) is 2.24. The van der Waals surface area contributed by atoms with Crippen LogP contribution in [0.3, 0.4) is 0 Å². The van der Waals surface area contributed by atoms with Gasteiger partial charge in [0.2, 0.25) is 0 Å². The molecule has 3 rings (SSSR count). The molecule has 1 heterocycles. The van der Waals surface area contributed by atoms with Gasteiger partial charge >= 0.3 is 0 Å². The third-order valence-electron chi connectivity index (χ3n) is 3.05. The first-order chi connectivity index (χ1) is 9.78. The van der Waals surface area contributed by atoms with Crippen molar-refractivity contribution in [2.75, 3.05) is 5.32 Å². The van der Waals surface area contributed by atoms with E-state index >= 15 is 0 Å². The molecule has 0 aliphatic carbocycles. The second kappa shape index (κ2) is 5.20. The fourth-order valence-corrected chi connectivity index (χ4v) is 2.28. The Morgan fingerprint density at radius 3 is 2.80 bits per heavy atom. The number of nitriles is 1. The van der Waals surface area contributed by atoms with E-state index in [0.717, 1.165) is 22.1 Å². The van der Waals surface area contributed by atoms with E-state index in [4.69, 9.17) is 16.9 Å². The van der Waals surface area contributed by atoms with E-state index in [-0.39, 0.29) is 0 Å². The number of nitrogens with one attached hydrogen (secondary N) is 1. The fourth-order valence-electron chi connectivity index (χ4n) is 2.05. The number of pyridine rings is 1. The molecule has 20 heavy (non-hydrogen) atoms. The highest BCUT2D eigenvalue weighted by atomic mass is 35.5. The molecule has 0 atom stereocenters. The van der Waals surface area contributed by atoms with Crippen LogP contribution in [0.4, 0.5) is 11.4 Å². The summed E-state index contributed by atoms with van der Waals surface area (Å²) in [6.07, 6.45) is 3.58. The fraction of sp³-hybridized carbons (Fsp3) is 0. The molecule has 0 amide bonds. The van der Waals surface area contributed by atoms with E-state index in [2.05, 4.69) is 16.4 Å². The van der Waals surface area contributed by atoms with Crippen LogP contribution in [0.5, 0.6) is 0 Å². The lowest BCUT2D eigenvalue weighted by Crippen LogP contribution is -1.93. The summed E-state index contributed by atoms with van der Waals surface area (Å²) in [6.45, 7) is 0. The molecule has 0 bridgehead atoms. The summed E-state index contributed by atoms with van der Waals surface area (Å²) in [4.78, 5) is 4.15. The van der Waals surface area contributed by atoms with Gasteiger partial charge in [-0.2, -0.15) is 5.26 Å². The predicted molar refractivity (Wildman–Crippen MR) is 81.2 cm³/mol. The van der Waals surface area contributed by atoms with Crippen molar-refractivity contribution in [3.8, 4) is 6.07 Å². The van der Waals surface area contributed by atoms with Gasteiger partial charge < -0.3 is 5.32 Å². The van der Waals surface area contributed by atoms with Crippen LogP contribution in [0, 0.1) is 11.3 Å². The van der Waals surface area contributed by atoms with Crippen LogP contribution < -0.4 is 5.32 Å². The lowest BCUT2D eigenvalue weighted by atomic mass is 10.1. The van der Waals surface area contributed by atoms with Gasteiger partial charge in [-0.3, -0.25) is 4.98 Å². The first-order valence-corrected chi connectivity index (χ1v) is 6.45. The maximum absolute atomic E-state index is 8.85. The molecular formula is C16H10ClN3. The van der Waals surface area contributed by atoms with Gasteiger partial charge in [0.05, 0.1) is 22.3 Å². The van der Waals surface area contributed by atoms with Crippen LogP contribution in [0.1, 0.15) is 5.56 Å². The molecule has 3 aromatic rings. The van der Waals surface area contributed by atoms with Crippen LogP contribution in [-0.2, 0) is 0 Å². The minimum absolute atomic E-state index is 0.518. The number of nitrogens with zero attached hydrogens (tertiary/aromatic N) is 2. The molecule has 0 aliphatic rings. The minimum atomic E-state index is 0.518. The Balaban J connectivity index is 2.04. The largest absolute Gasteiger partial charge is 0.354 e. The molecule has 0 saturated carbocycles. The number of halogens is 1. The van der Waals surface area contributed by atoms with E-state index in [0.29, 0.717) is 10.6 Å². The average molecular weight is 280 g/mol. The second-order valence-electron chi connectivity index (χ2n) is 4.33. The first kappa shape index (κ1) is 12.5. The molecule has 0 radical (unpaired) electrons. The monoisotopic (exact) mass is 279 g/mol. The normalized spacial score (nSPS) is 10.2. The van der Waals surface area contributed by atoms with Gasteiger partial charge in [-0.25, -0.2) is 0 Å². The van der Waals surface area contributed by atoms with Gasteiger partial charge in [-0.15, -0.1) is 0 Å². The molecule has 2 aromatic carbocycles. The van der Waals surface area contributed by atoms with Crippen molar-refractivity contribution >= 4 is 33.7 Å². The van der Waals surface area contributed by atoms with Crippen molar-refractivity contribution in [1.82, 2.24) is 4.98 Å². The molecule has 1 N–H and O–H groups in total. The Morgan fingerprint density at radius 2 is 2.00 bits per heavy atom. The molecule has 1 aromatic heterocycles. The van der Waals surface area contributed by atoms with Crippen LogP contribution in [0.25, 0.3) is 10.8 Å². The SMILES string of the molecule is N#Cc1ccc(Nc2cccc3ccncc23)c(Cl)c1. The molecule has 4 heteroatoms. The average Bonchev–Trinajstić information content (AvgIpc) is 2.49. The highest BCUT2D eigenvalue weighted by molar-refractivity contribution is 6.33. The van der Waals surface area contributed by atoms with E-state index in [9.17, 15) is 0 Å². The topological polar surface area (TPSA) is 48.7 Å². The van der Waals surface area contributed by atoms with E-state index in [1.54, 1.807) is 24.4 Å². The van der Waals surface area contributed by atoms with Crippen LogP contribution in [-0.4, -0.2) is 4.98 Å². The molecule has 0 unspecified atom stereocenters. The second-order valence-corrected chi connectivity index (χ2v) is 4.74. The molecule has 96 valence electrons. The van der Waals surface area contributed by atoms with Crippen LogP contribution in [0.15, 0.2) is 54.9 Å². The smallest absolute Gasteiger partial charge is 0.0992 e. The molecule has 0 spiro atoms. The zero-order valence-electron chi connectivity index (χ0n) is 10.5. The lowest BCUT2D eigenvalue weighted by molar-refractivity contribution is 1.36. The van der Waals surface area contributed by atoms with Crippen molar-refractivity contribution in [2.45, 2.75) is 0 Å². The Bertz CT molecular complexity index is 816. The number of hydrogen-bond donors (Lipinski definition) is 1. The lowest BCUT2D eigenvalue weighted by Gasteiger charge is -2.11. The summed E-state index contributed by atoms with van der Waals surface area (Å²) in [5.74, 6) is 0. The Kier molecular flexibility index (Phi) is 3.24. The maximum Gasteiger partial charge on any atom is 0.0992 e. The summed E-state index contributed by atoms with van der Waals surface area (Å²) in [7, 11) is 0. The standard InChI is InChI=1S/C16H10ClN3/c17-14-8-11(9-18)4-5-16(14)20-15-3-1-2-12-6-7-19-10-13(12)15/h1-8,10,20H. The number of benzene rings is 2. The Labute approximate surface area is 121 Å². The third kappa shape index (κ3) is 2.29. The van der Waals surface area contributed by atoms with Gasteiger partial charge in [0.1, 0.15) is 0 Å². The van der Waals surface area contributed by atoms with Crippen LogP contribution in [0.2, 0.25) is 5.02 Å². The van der Waals surface area contributed by atoms with Crippen molar-refractivity contribution in [2.24, 2.45) is 0 Å². The minimum Gasteiger partial charge on any atom is -0.354 e. The summed E-state index contributed by atoms with van der Waals surface area (Å²) in [6, 6.07) is 15.2. The number of fused-ring (bicyclic) bond motifs is 1. The highest BCUT2D eigenvalue weighted by Gasteiger charge is 2.05. The summed E-state index contributed by atoms with van der Waals surface area (Å²) < 4.78 is 0. The molecular weight excluding hydrogens is 270 g/mol. The number of aromatic nitrogens is 1. The first-order valence-electron chi connectivity index (χ1n) is 6.07. The number of anilines is 2. The van der Waals surface area contributed by atoms with Gasteiger partial charge in [-0.1, -0.05) is 23.7 Å². The third-order valence-corrected chi connectivity index (χ3v) is 3.36. The van der Waals surface area contributed by atoms with Crippen molar-refractivity contribution in [1.29, 1.82) is 5.26 Å². The zero-order chi connectivity index (χ0) is 13.9. The molecule has 0 aliphatic heterocycles. The van der Waals surface area contributed by atoms with E-state index < -0.39 is 0 Å². The van der Waals surface area contributed by atoms with Gasteiger partial charge in [-0.05, 0) is 35.7 Å². The molecule has 3 nitrogen and oxygen atoms in total. The van der Waals surface area contributed by atoms with Crippen molar-refractivity contribution in [3.05, 3.63) is 65.4 Å². The van der Waals surface area contributed by atoms with Gasteiger partial charge in [0, 0.05) is 23.5 Å². The maximum atomic E-state index is 8.85. The Hall–Kier alpha value is -2.57. The molecule has 0 saturated heterocycles. The Morgan fingerprint density at radius 1 is 1.10 bits per heavy atom. The van der Waals surface area contributed by atoms with Crippen molar-refractivity contribution in [3.63, 3.8) is 0 Å². The van der Waals surface area contributed by atoms with Crippen molar-refractivity contribution < 1.29 is 0 Å². The summed E-state index contributed by atoms with van der Waals surface area (Å²) in [5, 5.41) is 14.8. The summed E-state index contributed by atoms with van der Waals surface area (Å²) >= 11 is 6.18. The highest BCUT2D eigenvalue weighted by Crippen LogP contribution is 2.30. The van der Waals surface area contributed by atoms with E-state index in [1.165, 1.54) is 0 Å².